The van der Waals surface area contributed by atoms with Crippen molar-refractivity contribution in [3.8, 4) is 0 Å². The van der Waals surface area contributed by atoms with Gasteiger partial charge < -0.3 is 9.42 Å². The van der Waals surface area contributed by atoms with Crippen LogP contribution in [-0.2, 0) is 11.2 Å². The van der Waals surface area contributed by atoms with E-state index in [1.807, 2.05) is 6.92 Å². The Morgan fingerprint density at radius 3 is 3.04 bits per heavy atom. The zero-order valence-electron chi connectivity index (χ0n) is 14.7. The van der Waals surface area contributed by atoms with Crippen LogP contribution in [0.15, 0.2) is 21.7 Å². The second kappa shape index (κ2) is 7.47. The Balaban J connectivity index is 1.52. The quantitative estimate of drug-likeness (QED) is 0.789. The molecule has 0 radical (unpaired) electrons. The first-order valence-corrected chi connectivity index (χ1v) is 9.59. The molecule has 2 saturated heterocycles. The van der Waals surface area contributed by atoms with Gasteiger partial charge in [-0.15, -0.1) is 0 Å². The van der Waals surface area contributed by atoms with E-state index in [-0.39, 0.29) is 11.2 Å². The van der Waals surface area contributed by atoms with Gasteiger partial charge in [0, 0.05) is 25.7 Å². The molecule has 0 bridgehead atoms. The highest BCUT2D eigenvalue weighted by molar-refractivity contribution is 8.18. The van der Waals surface area contributed by atoms with Gasteiger partial charge in [-0.1, -0.05) is 12.1 Å². The van der Waals surface area contributed by atoms with Crippen molar-refractivity contribution in [2.45, 2.75) is 32.1 Å². The van der Waals surface area contributed by atoms with Gasteiger partial charge in [0.1, 0.15) is 0 Å². The van der Waals surface area contributed by atoms with Crippen LogP contribution in [0.5, 0.6) is 0 Å². The largest absolute Gasteiger partial charge is 0.340 e. The average molecular weight is 386 g/mol. The van der Waals surface area contributed by atoms with Gasteiger partial charge in [0.2, 0.25) is 11.8 Å². The number of carbonyl (C=O) groups excluding carboxylic acids is 2. The van der Waals surface area contributed by atoms with Gasteiger partial charge in [0.05, 0.1) is 16.5 Å². The van der Waals surface area contributed by atoms with Crippen LogP contribution in [0.4, 0.5) is 10.7 Å². The van der Waals surface area contributed by atoms with Gasteiger partial charge in [-0.25, -0.2) is 9.97 Å². The molecule has 0 aromatic carbocycles. The smallest absolute Gasteiger partial charge is 0.290 e. The van der Waals surface area contributed by atoms with Crippen molar-refractivity contribution >= 4 is 34.9 Å². The fraction of sp³-hybridized carbons (Fsp3) is 0.412. The molecule has 140 valence electrons. The summed E-state index contributed by atoms with van der Waals surface area (Å²) in [6, 6.07) is 1.71. The van der Waals surface area contributed by atoms with Crippen molar-refractivity contribution in [3.63, 3.8) is 0 Å². The fourth-order valence-electron chi connectivity index (χ4n) is 3.09. The molecule has 2 aromatic heterocycles. The lowest BCUT2D eigenvalue weighted by Crippen LogP contribution is -2.35. The molecule has 2 fully saturated rings. The van der Waals surface area contributed by atoms with E-state index in [1.165, 1.54) is 0 Å². The maximum atomic E-state index is 11.7. The molecule has 10 heteroatoms. The van der Waals surface area contributed by atoms with E-state index < -0.39 is 5.91 Å². The van der Waals surface area contributed by atoms with Gasteiger partial charge in [0.15, 0.2) is 5.82 Å². The minimum atomic E-state index is -0.397. The fourth-order valence-corrected chi connectivity index (χ4v) is 3.75. The number of aryl methyl sites for hydroxylation is 1. The van der Waals surface area contributed by atoms with Crippen LogP contribution in [0.1, 0.15) is 43.1 Å². The molecule has 4 heterocycles. The Morgan fingerprint density at radius 1 is 1.41 bits per heavy atom. The molecule has 4 rings (SSSR count). The maximum absolute atomic E-state index is 11.7. The number of nitrogens with one attached hydrogen (secondary N) is 1. The minimum Gasteiger partial charge on any atom is -0.340 e. The minimum absolute atomic E-state index is 0.144. The van der Waals surface area contributed by atoms with Crippen molar-refractivity contribution in [2.75, 3.05) is 18.0 Å². The number of rotatable bonds is 4. The molecule has 2 aliphatic rings. The van der Waals surface area contributed by atoms with E-state index >= 15 is 0 Å². The molecule has 1 atom stereocenters. The zero-order valence-corrected chi connectivity index (χ0v) is 15.5. The summed E-state index contributed by atoms with van der Waals surface area (Å²) in [4.78, 5) is 38.8. The number of piperidine rings is 1. The number of amides is 2. The summed E-state index contributed by atoms with van der Waals surface area (Å²) in [5.74, 6) is 1.71. The Kier molecular flexibility index (Phi) is 4.88. The SMILES string of the molecule is CCc1noc(C2CCCN(c3nccc(/C=C4/SC(=O)NC4=O)n3)C2)n1. The number of imide groups is 1. The van der Waals surface area contributed by atoms with E-state index in [0.717, 1.165) is 37.6 Å². The second-order valence-electron chi connectivity index (χ2n) is 6.32. The standard InChI is InChI=1S/C17H18N6O3S/c1-2-13-20-15(26-22-13)10-4-3-7-23(9-10)16-18-6-5-11(19-16)8-12-14(24)21-17(25)27-12/h5-6,8,10H,2-4,7,9H2,1H3,(H,21,24,25)/b12-8+. The molecule has 0 saturated carbocycles. The molecular weight excluding hydrogens is 368 g/mol. The molecule has 0 aliphatic carbocycles. The van der Waals surface area contributed by atoms with Gasteiger partial charge in [0.25, 0.3) is 11.1 Å². The summed E-state index contributed by atoms with van der Waals surface area (Å²) in [5, 5.41) is 5.85. The van der Waals surface area contributed by atoms with E-state index in [2.05, 4.69) is 30.3 Å². The van der Waals surface area contributed by atoms with Crippen molar-refractivity contribution in [1.29, 1.82) is 0 Å². The highest BCUT2D eigenvalue weighted by Gasteiger charge is 2.28. The molecule has 0 spiro atoms. The summed E-state index contributed by atoms with van der Waals surface area (Å²) >= 11 is 0.872. The molecule has 9 nitrogen and oxygen atoms in total. The predicted molar refractivity (Wildman–Crippen MR) is 99.0 cm³/mol. The van der Waals surface area contributed by atoms with Crippen LogP contribution in [0.3, 0.4) is 0 Å². The lowest BCUT2D eigenvalue weighted by molar-refractivity contribution is -0.115. The Hall–Kier alpha value is -2.75. The maximum Gasteiger partial charge on any atom is 0.290 e. The van der Waals surface area contributed by atoms with E-state index in [0.29, 0.717) is 34.8 Å². The Bertz CT molecular complexity index is 912. The molecule has 2 amide bonds. The first-order chi connectivity index (χ1) is 13.1. The molecule has 1 unspecified atom stereocenters. The number of hydrogen-bond donors (Lipinski definition) is 1. The van der Waals surface area contributed by atoms with Crippen molar-refractivity contribution in [2.24, 2.45) is 0 Å². The van der Waals surface area contributed by atoms with Crippen molar-refractivity contribution in [3.05, 3.63) is 34.6 Å². The molecule has 2 aromatic rings. The highest BCUT2D eigenvalue weighted by atomic mass is 32.2. The van der Waals surface area contributed by atoms with Gasteiger partial charge >= 0.3 is 0 Å². The van der Waals surface area contributed by atoms with Crippen LogP contribution in [-0.4, -0.2) is 44.3 Å². The third kappa shape index (κ3) is 3.85. The summed E-state index contributed by atoms with van der Waals surface area (Å²) in [6.45, 7) is 3.52. The number of aromatic nitrogens is 4. The molecule has 2 aliphatic heterocycles. The highest BCUT2D eigenvalue weighted by Crippen LogP contribution is 2.29. The van der Waals surface area contributed by atoms with Gasteiger partial charge in [-0.2, -0.15) is 4.98 Å². The lowest BCUT2D eigenvalue weighted by atomic mass is 9.98. The number of thioether (sulfide) groups is 1. The molecular formula is C17H18N6O3S. The zero-order chi connectivity index (χ0) is 18.8. The van der Waals surface area contributed by atoms with Crippen molar-refractivity contribution < 1.29 is 14.1 Å². The summed E-state index contributed by atoms with van der Waals surface area (Å²) in [7, 11) is 0. The third-order valence-electron chi connectivity index (χ3n) is 4.44. The van der Waals surface area contributed by atoms with Crippen LogP contribution >= 0.6 is 11.8 Å². The summed E-state index contributed by atoms with van der Waals surface area (Å²) < 4.78 is 5.40. The van der Waals surface area contributed by atoms with Gasteiger partial charge in [-0.3, -0.25) is 14.9 Å². The number of carbonyl (C=O) groups is 2. The second-order valence-corrected chi connectivity index (χ2v) is 7.34. The third-order valence-corrected chi connectivity index (χ3v) is 5.25. The topological polar surface area (TPSA) is 114 Å². The average Bonchev–Trinajstić information content (AvgIpc) is 3.28. The van der Waals surface area contributed by atoms with Crippen LogP contribution in [0.2, 0.25) is 0 Å². The van der Waals surface area contributed by atoms with Crippen LogP contribution < -0.4 is 10.2 Å². The Labute approximate surface area is 159 Å². The predicted octanol–water partition coefficient (Wildman–Crippen LogP) is 2.13. The monoisotopic (exact) mass is 386 g/mol. The molecule has 1 N–H and O–H groups in total. The number of nitrogens with zero attached hydrogens (tertiary/aromatic N) is 5. The van der Waals surface area contributed by atoms with Crippen LogP contribution in [0, 0.1) is 0 Å². The van der Waals surface area contributed by atoms with E-state index in [4.69, 9.17) is 4.52 Å². The first-order valence-electron chi connectivity index (χ1n) is 8.77. The van der Waals surface area contributed by atoms with Crippen molar-refractivity contribution in [1.82, 2.24) is 25.4 Å². The van der Waals surface area contributed by atoms with E-state index in [9.17, 15) is 9.59 Å². The normalized spacial score (nSPS) is 21.7. The Morgan fingerprint density at radius 2 is 2.30 bits per heavy atom. The van der Waals surface area contributed by atoms with Gasteiger partial charge in [-0.05, 0) is 36.7 Å². The summed E-state index contributed by atoms with van der Waals surface area (Å²) in [6.07, 6.45) is 5.94. The first kappa shape index (κ1) is 17.7. The molecule has 27 heavy (non-hydrogen) atoms. The summed E-state index contributed by atoms with van der Waals surface area (Å²) in [5.41, 5.74) is 0.584. The van der Waals surface area contributed by atoms with E-state index in [1.54, 1.807) is 18.3 Å². The van der Waals surface area contributed by atoms with Crippen LogP contribution in [0.25, 0.3) is 6.08 Å². The number of anilines is 1. The lowest BCUT2D eigenvalue weighted by Gasteiger charge is -2.31. The number of hydrogen-bond acceptors (Lipinski definition) is 9.